The molecule has 30 heavy (non-hydrogen) atoms. The van der Waals surface area contributed by atoms with E-state index < -0.39 is 0 Å². The third kappa shape index (κ3) is 8.41. The summed E-state index contributed by atoms with van der Waals surface area (Å²) in [5.74, 6) is 1.57. The Morgan fingerprint density at radius 2 is 2.07 bits per heavy atom. The topological polar surface area (TPSA) is 68.8 Å². The van der Waals surface area contributed by atoms with Gasteiger partial charge in [-0.05, 0) is 70.2 Å². The molecule has 1 unspecified atom stereocenters. The molecule has 6 nitrogen and oxygen atoms in total. The predicted molar refractivity (Wildman–Crippen MR) is 137 cm³/mol. The number of hydrogen-bond acceptors (Lipinski definition) is 3. The van der Waals surface area contributed by atoms with E-state index in [2.05, 4.69) is 54.6 Å². The van der Waals surface area contributed by atoms with E-state index in [1.54, 1.807) is 7.05 Å². The minimum atomic E-state index is -0.0519. The number of carbonyl (C=O) groups excluding carboxylic acids is 1. The van der Waals surface area contributed by atoms with Crippen molar-refractivity contribution in [3.05, 3.63) is 35.4 Å². The van der Waals surface area contributed by atoms with Gasteiger partial charge in [-0.1, -0.05) is 19.1 Å². The van der Waals surface area contributed by atoms with E-state index in [1.165, 1.54) is 19.4 Å². The summed E-state index contributed by atoms with van der Waals surface area (Å²) in [6, 6.07) is 7.77. The zero-order valence-electron chi connectivity index (χ0n) is 19.3. The minimum Gasteiger partial charge on any atom is -0.357 e. The highest BCUT2D eigenvalue weighted by Gasteiger charge is 2.29. The van der Waals surface area contributed by atoms with Crippen LogP contribution in [0.4, 0.5) is 0 Å². The molecule has 0 bridgehead atoms. The van der Waals surface area contributed by atoms with Crippen LogP contribution in [0, 0.1) is 5.92 Å². The fourth-order valence-electron chi connectivity index (χ4n) is 3.79. The van der Waals surface area contributed by atoms with E-state index in [0.717, 1.165) is 50.0 Å². The van der Waals surface area contributed by atoms with Gasteiger partial charge in [0.05, 0.1) is 6.54 Å². The van der Waals surface area contributed by atoms with E-state index >= 15 is 0 Å². The summed E-state index contributed by atoms with van der Waals surface area (Å²) in [5.41, 5.74) is 1.89. The Hall–Kier alpha value is -1.35. The van der Waals surface area contributed by atoms with Gasteiger partial charge in [0.25, 0.3) is 5.91 Å². The minimum absolute atomic E-state index is 0. The highest BCUT2D eigenvalue weighted by Crippen LogP contribution is 2.24. The van der Waals surface area contributed by atoms with Gasteiger partial charge < -0.3 is 16.0 Å². The molecule has 0 spiro atoms. The second kappa shape index (κ2) is 13.1. The maximum absolute atomic E-state index is 11.8. The van der Waals surface area contributed by atoms with Crippen LogP contribution in [-0.2, 0) is 6.42 Å². The van der Waals surface area contributed by atoms with Crippen LogP contribution in [-0.4, -0.2) is 62.1 Å². The third-order valence-electron chi connectivity index (χ3n) is 5.60. The lowest BCUT2D eigenvalue weighted by Crippen LogP contribution is -2.51. The van der Waals surface area contributed by atoms with Gasteiger partial charge in [-0.25, -0.2) is 0 Å². The third-order valence-corrected chi connectivity index (χ3v) is 5.60. The van der Waals surface area contributed by atoms with Gasteiger partial charge in [0.15, 0.2) is 5.96 Å². The number of likely N-dealkylation sites (tertiary alicyclic amines) is 1. The number of rotatable bonds is 8. The average molecular weight is 530 g/mol. The molecular weight excluding hydrogens is 489 g/mol. The molecule has 1 aromatic rings. The SMILES string of the molecule is CCNC(=NCC(C)(C)N1CCCC(C)C1)NCCc1cccc(C(=O)NC)c1.I. The van der Waals surface area contributed by atoms with Gasteiger partial charge >= 0.3 is 0 Å². The normalized spacial score (nSPS) is 17.8. The van der Waals surface area contributed by atoms with Crippen molar-refractivity contribution < 1.29 is 4.79 Å². The molecule has 2 rings (SSSR count). The number of benzene rings is 1. The zero-order chi connectivity index (χ0) is 21.3. The summed E-state index contributed by atoms with van der Waals surface area (Å²) >= 11 is 0. The van der Waals surface area contributed by atoms with Crippen molar-refractivity contribution in [2.24, 2.45) is 10.9 Å². The van der Waals surface area contributed by atoms with Crippen molar-refractivity contribution in [1.82, 2.24) is 20.9 Å². The Labute approximate surface area is 199 Å². The van der Waals surface area contributed by atoms with E-state index in [0.29, 0.717) is 5.56 Å². The lowest BCUT2D eigenvalue weighted by atomic mass is 9.94. The summed E-state index contributed by atoms with van der Waals surface area (Å²) in [6.45, 7) is 13.7. The lowest BCUT2D eigenvalue weighted by molar-refractivity contribution is 0.0774. The second-order valence-electron chi connectivity index (χ2n) is 8.66. The van der Waals surface area contributed by atoms with Crippen molar-refractivity contribution in [1.29, 1.82) is 0 Å². The molecule has 1 saturated heterocycles. The standard InChI is InChI=1S/C23H39N5O.HI/c1-6-25-22(27-17-23(3,4)28-14-8-9-18(2)16-28)26-13-12-19-10-7-11-20(15-19)21(29)24-5;/h7,10-11,15,18H,6,8-9,12-14,16-17H2,1-5H3,(H,24,29)(H2,25,26,27);1H. The molecule has 0 aromatic heterocycles. The molecule has 3 N–H and O–H groups in total. The first-order valence-corrected chi connectivity index (χ1v) is 10.9. The van der Waals surface area contributed by atoms with Crippen LogP contribution in [0.1, 0.15) is 56.5 Å². The Morgan fingerprint density at radius 3 is 2.73 bits per heavy atom. The monoisotopic (exact) mass is 529 g/mol. The maximum Gasteiger partial charge on any atom is 0.251 e. The molecule has 0 radical (unpaired) electrons. The molecule has 170 valence electrons. The van der Waals surface area contributed by atoms with E-state index in [9.17, 15) is 4.79 Å². The number of nitrogens with one attached hydrogen (secondary N) is 3. The van der Waals surface area contributed by atoms with Crippen LogP contribution in [0.25, 0.3) is 0 Å². The molecule has 1 amide bonds. The fraction of sp³-hybridized carbons (Fsp3) is 0.652. The number of carbonyl (C=O) groups is 1. The first-order valence-electron chi connectivity index (χ1n) is 10.9. The second-order valence-corrected chi connectivity index (χ2v) is 8.66. The largest absolute Gasteiger partial charge is 0.357 e. The van der Waals surface area contributed by atoms with Crippen LogP contribution < -0.4 is 16.0 Å². The highest BCUT2D eigenvalue weighted by molar-refractivity contribution is 14.0. The first-order chi connectivity index (χ1) is 13.9. The predicted octanol–water partition coefficient (Wildman–Crippen LogP) is 3.27. The van der Waals surface area contributed by atoms with E-state index in [-0.39, 0.29) is 35.4 Å². The molecule has 7 heteroatoms. The van der Waals surface area contributed by atoms with Gasteiger partial charge in [-0.2, -0.15) is 0 Å². The summed E-state index contributed by atoms with van der Waals surface area (Å²) in [4.78, 5) is 19.2. The molecule has 1 atom stereocenters. The summed E-state index contributed by atoms with van der Waals surface area (Å²) < 4.78 is 0. The van der Waals surface area contributed by atoms with Gasteiger partial charge in [0, 0.05) is 37.8 Å². The Kier molecular flexibility index (Phi) is 11.7. The number of nitrogens with zero attached hydrogens (tertiary/aromatic N) is 2. The molecular formula is C23H40IN5O. The molecule has 1 aliphatic rings. The lowest BCUT2D eigenvalue weighted by Gasteiger charge is -2.42. The number of piperidine rings is 1. The van der Waals surface area contributed by atoms with Gasteiger partial charge in [0.1, 0.15) is 0 Å². The molecule has 1 heterocycles. The van der Waals surface area contributed by atoms with Crippen LogP contribution >= 0.6 is 24.0 Å². The molecule has 1 aliphatic heterocycles. The Bertz CT molecular complexity index is 692. The van der Waals surface area contributed by atoms with Crippen molar-refractivity contribution >= 4 is 35.8 Å². The molecule has 0 aliphatic carbocycles. The highest BCUT2D eigenvalue weighted by atomic mass is 127. The number of hydrogen-bond donors (Lipinski definition) is 3. The average Bonchev–Trinajstić information content (AvgIpc) is 2.71. The van der Waals surface area contributed by atoms with Crippen LogP contribution in [0.3, 0.4) is 0 Å². The van der Waals surface area contributed by atoms with Gasteiger partial charge in [-0.3, -0.25) is 14.7 Å². The van der Waals surface area contributed by atoms with Crippen molar-refractivity contribution in [3.63, 3.8) is 0 Å². The Balaban J connectivity index is 0.00000450. The first kappa shape index (κ1) is 26.7. The summed E-state index contributed by atoms with van der Waals surface area (Å²) in [5, 5.41) is 9.46. The smallest absolute Gasteiger partial charge is 0.251 e. The fourth-order valence-corrected chi connectivity index (χ4v) is 3.79. The van der Waals surface area contributed by atoms with E-state index in [4.69, 9.17) is 4.99 Å². The number of aliphatic imine (C=N–C) groups is 1. The zero-order valence-corrected chi connectivity index (χ0v) is 21.6. The quantitative estimate of drug-likeness (QED) is 0.275. The number of halogens is 1. The van der Waals surface area contributed by atoms with Gasteiger partial charge in [-0.15, -0.1) is 24.0 Å². The van der Waals surface area contributed by atoms with Crippen molar-refractivity contribution in [3.8, 4) is 0 Å². The number of guanidine groups is 1. The molecule has 1 aromatic carbocycles. The molecule has 1 fully saturated rings. The molecule has 0 saturated carbocycles. The Morgan fingerprint density at radius 1 is 1.30 bits per heavy atom. The number of amides is 1. The van der Waals surface area contributed by atoms with Crippen LogP contribution in [0.5, 0.6) is 0 Å². The maximum atomic E-state index is 11.8. The van der Waals surface area contributed by atoms with E-state index in [1.807, 2.05) is 18.2 Å². The van der Waals surface area contributed by atoms with Gasteiger partial charge in [0.2, 0.25) is 0 Å². The van der Waals surface area contributed by atoms with Crippen molar-refractivity contribution in [2.45, 2.75) is 52.5 Å². The summed E-state index contributed by atoms with van der Waals surface area (Å²) in [7, 11) is 1.65. The van der Waals surface area contributed by atoms with Crippen molar-refractivity contribution in [2.75, 3.05) is 39.8 Å². The van der Waals surface area contributed by atoms with Crippen LogP contribution in [0.2, 0.25) is 0 Å². The summed E-state index contributed by atoms with van der Waals surface area (Å²) in [6.07, 6.45) is 3.45. The van der Waals surface area contributed by atoms with Crippen LogP contribution in [0.15, 0.2) is 29.3 Å².